The number of amides is 1. The van der Waals surface area contributed by atoms with Gasteiger partial charge in [0, 0.05) is 18.1 Å². The summed E-state index contributed by atoms with van der Waals surface area (Å²) in [6.07, 6.45) is 3.11. The zero-order valence-corrected chi connectivity index (χ0v) is 16.1. The van der Waals surface area contributed by atoms with Gasteiger partial charge >= 0.3 is 6.09 Å². The van der Waals surface area contributed by atoms with Crippen LogP contribution >= 0.6 is 0 Å². The minimum atomic E-state index is -0.230. The van der Waals surface area contributed by atoms with E-state index in [2.05, 4.69) is 37.4 Å². The molecule has 27 heavy (non-hydrogen) atoms. The highest BCUT2D eigenvalue weighted by atomic mass is 16.6. The van der Waals surface area contributed by atoms with Gasteiger partial charge in [0.2, 0.25) is 0 Å². The summed E-state index contributed by atoms with van der Waals surface area (Å²) in [7, 11) is 0. The average Bonchev–Trinajstić information content (AvgIpc) is 3.16. The van der Waals surface area contributed by atoms with Gasteiger partial charge < -0.3 is 10.1 Å². The van der Waals surface area contributed by atoms with Crippen LogP contribution in [0.1, 0.15) is 50.3 Å². The molecule has 1 aliphatic heterocycles. The molecule has 1 N–H and O–H groups in total. The average molecular weight is 364 g/mol. The molecule has 0 radical (unpaired) electrons. The number of benzene rings is 2. The second-order valence-electron chi connectivity index (χ2n) is 7.93. The predicted octanol–water partition coefficient (Wildman–Crippen LogP) is 5.05. The number of para-hydroxylation sites is 1. The molecule has 3 unspecified atom stereocenters. The fourth-order valence-electron chi connectivity index (χ4n) is 4.65. The summed E-state index contributed by atoms with van der Waals surface area (Å²) in [5.74, 6) is 0.437. The number of fused-ring (bicyclic) bond motifs is 2. The van der Waals surface area contributed by atoms with Gasteiger partial charge in [0.05, 0.1) is 5.69 Å². The number of carbonyl (C=O) groups excluding carboxylic acids is 1. The summed E-state index contributed by atoms with van der Waals surface area (Å²) in [4.78, 5) is 15.0. The lowest BCUT2D eigenvalue weighted by Crippen LogP contribution is -2.51. The largest absolute Gasteiger partial charge is 0.444 e. The van der Waals surface area contributed by atoms with Crippen molar-refractivity contribution in [2.45, 2.75) is 57.8 Å². The predicted molar refractivity (Wildman–Crippen MR) is 108 cm³/mol. The molecule has 2 aliphatic rings. The number of carbonyl (C=O) groups is 1. The van der Waals surface area contributed by atoms with Gasteiger partial charge in [-0.05, 0) is 36.0 Å². The molecule has 1 amide bonds. The van der Waals surface area contributed by atoms with Gasteiger partial charge in [-0.15, -0.1) is 0 Å². The Morgan fingerprint density at radius 1 is 1.11 bits per heavy atom. The molecule has 0 aromatic heterocycles. The second-order valence-corrected chi connectivity index (χ2v) is 7.93. The van der Waals surface area contributed by atoms with Crippen molar-refractivity contribution in [3.63, 3.8) is 0 Å². The monoisotopic (exact) mass is 364 g/mol. The summed E-state index contributed by atoms with van der Waals surface area (Å²) < 4.78 is 5.72. The Labute approximate surface area is 161 Å². The van der Waals surface area contributed by atoms with Crippen LogP contribution in [0.5, 0.6) is 0 Å². The number of hydrogen-bond acceptors (Lipinski definition) is 3. The molecule has 3 atom stereocenters. The van der Waals surface area contributed by atoms with E-state index in [4.69, 9.17) is 4.74 Å². The Kier molecular flexibility index (Phi) is 5.17. The number of rotatable bonds is 4. The first-order valence-electron chi connectivity index (χ1n) is 10.00. The zero-order valence-electron chi connectivity index (χ0n) is 16.1. The number of nitrogens with one attached hydrogen (secondary N) is 1. The molecule has 0 bridgehead atoms. The number of hydrogen-bond donors (Lipinski definition) is 1. The Morgan fingerprint density at radius 2 is 1.85 bits per heavy atom. The topological polar surface area (TPSA) is 41.6 Å². The van der Waals surface area contributed by atoms with Crippen LogP contribution in [-0.2, 0) is 11.3 Å². The van der Waals surface area contributed by atoms with Crippen molar-refractivity contribution in [1.29, 1.82) is 0 Å². The number of anilines is 1. The Balaban J connectivity index is 1.62. The van der Waals surface area contributed by atoms with Crippen LogP contribution in [0.3, 0.4) is 0 Å². The third-order valence-corrected chi connectivity index (χ3v) is 5.74. The van der Waals surface area contributed by atoms with Crippen LogP contribution in [0, 0.1) is 5.92 Å². The standard InChI is InChI=1S/C23H28N2O2/c1-16(2)24-22-18-11-6-7-13-20(18)25(21-14-8-12-19(21)22)23(26)27-15-17-9-4-3-5-10-17/h3-7,9-11,13,16,19,21-22,24H,8,12,14-15H2,1-2H3. The zero-order chi connectivity index (χ0) is 18.8. The lowest BCUT2D eigenvalue weighted by molar-refractivity contribution is 0.139. The van der Waals surface area contributed by atoms with Crippen LogP contribution < -0.4 is 10.2 Å². The summed E-state index contributed by atoms with van der Waals surface area (Å²) in [5, 5.41) is 3.75. The quantitative estimate of drug-likeness (QED) is 0.825. The van der Waals surface area contributed by atoms with E-state index < -0.39 is 0 Å². The lowest BCUT2D eigenvalue weighted by atomic mass is 9.82. The third kappa shape index (κ3) is 3.59. The smallest absolute Gasteiger partial charge is 0.414 e. The maximum absolute atomic E-state index is 13.1. The van der Waals surface area contributed by atoms with Crippen molar-refractivity contribution >= 4 is 11.8 Å². The molecule has 4 heteroatoms. The molecular formula is C23H28N2O2. The van der Waals surface area contributed by atoms with Crippen LogP contribution in [0.15, 0.2) is 54.6 Å². The third-order valence-electron chi connectivity index (χ3n) is 5.74. The molecule has 2 aromatic carbocycles. The maximum Gasteiger partial charge on any atom is 0.414 e. The van der Waals surface area contributed by atoms with Crippen molar-refractivity contribution in [2.75, 3.05) is 4.90 Å². The van der Waals surface area contributed by atoms with Crippen LogP contribution in [0.4, 0.5) is 10.5 Å². The normalized spacial score (nSPS) is 23.8. The fraction of sp³-hybridized carbons (Fsp3) is 0.435. The van der Waals surface area contributed by atoms with Crippen LogP contribution in [0.25, 0.3) is 0 Å². The van der Waals surface area contributed by atoms with E-state index in [0.717, 1.165) is 30.5 Å². The van der Waals surface area contributed by atoms with Crippen LogP contribution in [0.2, 0.25) is 0 Å². The fourth-order valence-corrected chi connectivity index (χ4v) is 4.65. The minimum Gasteiger partial charge on any atom is -0.444 e. The molecule has 0 saturated heterocycles. The van der Waals surface area contributed by atoms with E-state index in [1.165, 1.54) is 5.56 Å². The number of nitrogens with zero attached hydrogens (tertiary/aromatic N) is 1. The van der Waals surface area contributed by atoms with Gasteiger partial charge in [-0.25, -0.2) is 4.79 Å². The summed E-state index contributed by atoms with van der Waals surface area (Å²) in [5.41, 5.74) is 3.22. The van der Waals surface area contributed by atoms with Crippen molar-refractivity contribution in [3.05, 3.63) is 65.7 Å². The minimum absolute atomic E-state index is 0.208. The first-order valence-corrected chi connectivity index (χ1v) is 10.00. The Bertz CT molecular complexity index is 790. The van der Waals surface area contributed by atoms with E-state index >= 15 is 0 Å². The van der Waals surface area contributed by atoms with E-state index in [1.54, 1.807) is 0 Å². The molecular weight excluding hydrogens is 336 g/mol. The number of ether oxygens (including phenoxy) is 1. The molecule has 1 heterocycles. The van der Waals surface area contributed by atoms with E-state index in [0.29, 0.717) is 24.6 Å². The van der Waals surface area contributed by atoms with Crippen molar-refractivity contribution in [2.24, 2.45) is 5.92 Å². The molecule has 4 nitrogen and oxygen atoms in total. The molecule has 142 valence electrons. The highest BCUT2D eigenvalue weighted by Crippen LogP contribution is 2.48. The first-order chi connectivity index (χ1) is 13.1. The summed E-state index contributed by atoms with van der Waals surface area (Å²) >= 11 is 0. The van der Waals surface area contributed by atoms with E-state index in [-0.39, 0.29) is 12.1 Å². The maximum atomic E-state index is 13.1. The van der Waals surface area contributed by atoms with Crippen molar-refractivity contribution in [1.82, 2.24) is 5.32 Å². The van der Waals surface area contributed by atoms with Gasteiger partial charge in [-0.2, -0.15) is 0 Å². The van der Waals surface area contributed by atoms with Crippen molar-refractivity contribution < 1.29 is 9.53 Å². The Hall–Kier alpha value is -2.33. The van der Waals surface area contributed by atoms with Gasteiger partial charge in [0.15, 0.2) is 0 Å². The molecule has 1 fully saturated rings. The van der Waals surface area contributed by atoms with Gasteiger partial charge in [0.25, 0.3) is 0 Å². The van der Waals surface area contributed by atoms with E-state index in [9.17, 15) is 4.79 Å². The molecule has 4 rings (SSSR count). The van der Waals surface area contributed by atoms with Crippen molar-refractivity contribution in [3.8, 4) is 0 Å². The summed E-state index contributed by atoms with van der Waals surface area (Å²) in [6.45, 7) is 4.68. The van der Waals surface area contributed by atoms with Gasteiger partial charge in [0.1, 0.15) is 6.61 Å². The second kappa shape index (κ2) is 7.73. The highest BCUT2D eigenvalue weighted by Gasteiger charge is 2.46. The van der Waals surface area contributed by atoms with Gasteiger partial charge in [-0.3, -0.25) is 4.90 Å². The van der Waals surface area contributed by atoms with E-state index in [1.807, 2.05) is 41.3 Å². The molecule has 2 aromatic rings. The molecule has 0 spiro atoms. The highest BCUT2D eigenvalue weighted by molar-refractivity contribution is 5.90. The first kappa shape index (κ1) is 18.1. The molecule has 1 aliphatic carbocycles. The SMILES string of the molecule is CC(C)NC1c2ccccc2N(C(=O)OCc2ccccc2)C2CCCC12. The lowest BCUT2D eigenvalue weighted by Gasteiger charge is -2.44. The Morgan fingerprint density at radius 3 is 2.63 bits per heavy atom. The van der Waals surface area contributed by atoms with Gasteiger partial charge in [-0.1, -0.05) is 68.8 Å². The summed E-state index contributed by atoms with van der Waals surface area (Å²) in [6, 6.07) is 19.1. The van der Waals surface area contributed by atoms with Crippen LogP contribution in [-0.4, -0.2) is 18.2 Å². The molecule has 1 saturated carbocycles.